The lowest BCUT2D eigenvalue weighted by atomic mass is 10.2. The quantitative estimate of drug-likeness (QED) is 0.573. The summed E-state index contributed by atoms with van der Waals surface area (Å²) in [6, 6.07) is 0.278. The van der Waals surface area contributed by atoms with Crippen LogP contribution in [-0.2, 0) is 0 Å². The lowest BCUT2D eigenvalue weighted by molar-refractivity contribution is 0.119. The molecule has 0 spiro atoms. The molecule has 0 radical (unpaired) electrons. The fourth-order valence-corrected chi connectivity index (χ4v) is 2.62. The molecule has 3 atom stereocenters. The van der Waals surface area contributed by atoms with Gasteiger partial charge in [-0.3, -0.25) is 9.89 Å². The molecule has 104 valence electrons. The van der Waals surface area contributed by atoms with Gasteiger partial charge in [0.25, 0.3) is 0 Å². The third-order valence-corrected chi connectivity index (χ3v) is 3.87. The highest BCUT2D eigenvalue weighted by Crippen LogP contribution is 2.35. The van der Waals surface area contributed by atoms with Crippen LogP contribution in [0.5, 0.6) is 0 Å². The first kappa shape index (κ1) is 13.5. The predicted molar refractivity (Wildman–Crippen MR) is 67.8 cm³/mol. The van der Waals surface area contributed by atoms with Crippen molar-refractivity contribution in [3.8, 4) is 0 Å². The van der Waals surface area contributed by atoms with Gasteiger partial charge in [0.2, 0.25) is 6.43 Å². The van der Waals surface area contributed by atoms with E-state index in [0.717, 1.165) is 19.5 Å². The predicted octanol–water partition coefficient (Wildman–Crippen LogP) is 1.03. The molecule has 0 amide bonds. The summed E-state index contributed by atoms with van der Waals surface area (Å²) in [5.41, 5.74) is 5.72. The van der Waals surface area contributed by atoms with Crippen LogP contribution >= 0.6 is 0 Å². The SMILES string of the molecule is CCN1CCCC1CN=C(N)N[C@H]1C[C@@H]1C(F)F. The van der Waals surface area contributed by atoms with E-state index in [0.29, 0.717) is 25.0 Å². The van der Waals surface area contributed by atoms with Gasteiger partial charge in [0, 0.05) is 18.0 Å². The van der Waals surface area contributed by atoms with Crippen LogP contribution in [0.15, 0.2) is 4.99 Å². The van der Waals surface area contributed by atoms with Crippen molar-refractivity contribution in [2.45, 2.75) is 44.7 Å². The van der Waals surface area contributed by atoms with Gasteiger partial charge >= 0.3 is 0 Å². The summed E-state index contributed by atoms with van der Waals surface area (Å²) in [6.45, 7) is 4.96. The van der Waals surface area contributed by atoms with Crippen LogP contribution in [0.25, 0.3) is 0 Å². The van der Waals surface area contributed by atoms with Crippen LogP contribution in [0, 0.1) is 5.92 Å². The number of likely N-dealkylation sites (tertiary alicyclic amines) is 1. The standard InChI is InChI=1S/C12H22F2N4/c1-2-18-5-3-4-8(18)7-16-12(15)17-10-6-9(10)11(13)14/h8-11H,2-7H2,1H3,(H3,15,16,17)/t8?,9-,10-/m0/s1. The molecule has 1 aliphatic heterocycles. The Labute approximate surface area is 107 Å². The van der Waals surface area contributed by atoms with Gasteiger partial charge in [-0.05, 0) is 32.4 Å². The number of guanidine groups is 1. The fourth-order valence-electron chi connectivity index (χ4n) is 2.62. The molecular formula is C12H22F2N4. The summed E-state index contributed by atoms with van der Waals surface area (Å²) >= 11 is 0. The minimum Gasteiger partial charge on any atom is -0.370 e. The van der Waals surface area contributed by atoms with Gasteiger partial charge in [0.05, 0.1) is 6.54 Å². The van der Waals surface area contributed by atoms with Gasteiger partial charge < -0.3 is 11.1 Å². The second-order valence-electron chi connectivity index (χ2n) is 5.14. The summed E-state index contributed by atoms with van der Waals surface area (Å²) < 4.78 is 24.6. The Balaban J connectivity index is 1.72. The molecule has 2 rings (SSSR count). The summed E-state index contributed by atoms with van der Waals surface area (Å²) in [5.74, 6) is -0.233. The number of rotatable bonds is 5. The van der Waals surface area contributed by atoms with Crippen LogP contribution in [0.1, 0.15) is 26.2 Å². The Kier molecular flexibility index (Phi) is 4.37. The Hall–Kier alpha value is -0.910. The van der Waals surface area contributed by atoms with E-state index in [9.17, 15) is 8.78 Å². The first-order chi connectivity index (χ1) is 8.61. The summed E-state index contributed by atoms with van der Waals surface area (Å²) in [7, 11) is 0. The maximum absolute atomic E-state index is 12.3. The molecular weight excluding hydrogens is 238 g/mol. The first-order valence-electron chi connectivity index (χ1n) is 6.70. The van der Waals surface area contributed by atoms with Gasteiger partial charge in [0.15, 0.2) is 5.96 Å². The van der Waals surface area contributed by atoms with E-state index in [-0.39, 0.29) is 6.04 Å². The van der Waals surface area contributed by atoms with Gasteiger partial charge in [-0.1, -0.05) is 6.92 Å². The zero-order valence-corrected chi connectivity index (χ0v) is 10.8. The van der Waals surface area contributed by atoms with Crippen LogP contribution < -0.4 is 11.1 Å². The van der Waals surface area contributed by atoms with Crippen LogP contribution in [0.2, 0.25) is 0 Å². The molecule has 1 aliphatic carbocycles. The van der Waals surface area contributed by atoms with Gasteiger partial charge in [-0.15, -0.1) is 0 Å². The van der Waals surface area contributed by atoms with Crippen molar-refractivity contribution in [2.75, 3.05) is 19.6 Å². The molecule has 0 aromatic rings. The van der Waals surface area contributed by atoms with E-state index >= 15 is 0 Å². The Morgan fingerprint density at radius 1 is 1.56 bits per heavy atom. The van der Waals surface area contributed by atoms with Gasteiger partial charge in [0.1, 0.15) is 0 Å². The number of likely N-dealkylation sites (N-methyl/N-ethyl adjacent to an activating group) is 1. The molecule has 4 nitrogen and oxygen atoms in total. The number of aliphatic imine (C=N–C) groups is 1. The second-order valence-corrected chi connectivity index (χ2v) is 5.14. The van der Waals surface area contributed by atoms with Crippen molar-refractivity contribution < 1.29 is 8.78 Å². The van der Waals surface area contributed by atoms with E-state index in [4.69, 9.17) is 5.73 Å². The topological polar surface area (TPSA) is 53.6 Å². The Bertz CT molecular complexity index is 308. The number of nitrogens with zero attached hydrogens (tertiary/aromatic N) is 2. The first-order valence-corrected chi connectivity index (χ1v) is 6.70. The zero-order chi connectivity index (χ0) is 13.1. The number of hydrogen-bond donors (Lipinski definition) is 2. The number of nitrogens with two attached hydrogens (primary N) is 1. The van der Waals surface area contributed by atoms with Crippen LogP contribution in [0.3, 0.4) is 0 Å². The highest BCUT2D eigenvalue weighted by Gasteiger charge is 2.44. The molecule has 2 fully saturated rings. The normalized spacial score (nSPS) is 33.1. The summed E-state index contributed by atoms with van der Waals surface area (Å²) in [5, 5.41) is 2.87. The lowest BCUT2D eigenvalue weighted by Gasteiger charge is -2.20. The molecule has 0 aromatic carbocycles. The highest BCUT2D eigenvalue weighted by molar-refractivity contribution is 5.78. The van der Waals surface area contributed by atoms with Crippen molar-refractivity contribution in [3.63, 3.8) is 0 Å². The highest BCUT2D eigenvalue weighted by atomic mass is 19.3. The van der Waals surface area contributed by atoms with Crippen LogP contribution in [-0.4, -0.2) is 49.0 Å². The second kappa shape index (κ2) is 5.82. The minimum absolute atomic E-state index is 0.181. The Morgan fingerprint density at radius 3 is 2.94 bits per heavy atom. The molecule has 1 heterocycles. The molecule has 2 aliphatic rings. The molecule has 6 heteroatoms. The molecule has 1 unspecified atom stereocenters. The van der Waals surface area contributed by atoms with Crippen molar-refractivity contribution >= 4 is 5.96 Å². The molecule has 0 bridgehead atoms. The zero-order valence-electron chi connectivity index (χ0n) is 10.8. The monoisotopic (exact) mass is 260 g/mol. The maximum atomic E-state index is 12.3. The minimum atomic E-state index is -2.25. The average Bonchev–Trinajstić information content (AvgIpc) is 2.95. The number of halogens is 2. The average molecular weight is 260 g/mol. The van der Waals surface area contributed by atoms with Crippen LogP contribution in [0.4, 0.5) is 8.78 Å². The van der Waals surface area contributed by atoms with E-state index in [1.54, 1.807) is 0 Å². The van der Waals surface area contributed by atoms with Crippen molar-refractivity contribution in [3.05, 3.63) is 0 Å². The van der Waals surface area contributed by atoms with Crippen molar-refractivity contribution in [1.82, 2.24) is 10.2 Å². The molecule has 1 saturated carbocycles. The smallest absolute Gasteiger partial charge is 0.243 e. The number of alkyl halides is 2. The van der Waals surface area contributed by atoms with Crippen molar-refractivity contribution in [1.29, 1.82) is 0 Å². The maximum Gasteiger partial charge on any atom is 0.243 e. The largest absolute Gasteiger partial charge is 0.370 e. The third-order valence-electron chi connectivity index (χ3n) is 3.87. The van der Waals surface area contributed by atoms with E-state index in [2.05, 4.69) is 22.1 Å². The molecule has 0 aromatic heterocycles. The van der Waals surface area contributed by atoms with Gasteiger partial charge in [-0.2, -0.15) is 0 Å². The molecule has 3 N–H and O–H groups in total. The van der Waals surface area contributed by atoms with E-state index < -0.39 is 12.3 Å². The Morgan fingerprint density at radius 2 is 2.33 bits per heavy atom. The van der Waals surface area contributed by atoms with E-state index in [1.165, 1.54) is 6.42 Å². The fraction of sp³-hybridized carbons (Fsp3) is 0.917. The van der Waals surface area contributed by atoms with E-state index in [1.807, 2.05) is 0 Å². The van der Waals surface area contributed by atoms with Gasteiger partial charge in [-0.25, -0.2) is 8.78 Å². The van der Waals surface area contributed by atoms with Crippen molar-refractivity contribution in [2.24, 2.45) is 16.6 Å². The molecule has 1 saturated heterocycles. The summed E-state index contributed by atoms with van der Waals surface area (Å²) in [6.07, 6.45) is 0.601. The number of nitrogens with one attached hydrogen (secondary N) is 1. The molecule has 18 heavy (non-hydrogen) atoms. The lowest BCUT2D eigenvalue weighted by Crippen LogP contribution is -2.37. The number of hydrogen-bond acceptors (Lipinski definition) is 2. The third kappa shape index (κ3) is 3.31. The summed E-state index contributed by atoms with van der Waals surface area (Å²) in [4.78, 5) is 6.66.